The van der Waals surface area contributed by atoms with E-state index in [0.29, 0.717) is 6.42 Å². The third-order valence-electron chi connectivity index (χ3n) is 4.85. The van der Waals surface area contributed by atoms with Crippen LogP contribution in [0.2, 0.25) is 0 Å². The van der Waals surface area contributed by atoms with E-state index >= 15 is 0 Å². The minimum atomic E-state index is -0.0150. The topological polar surface area (TPSA) is 34.1 Å². The smallest absolute Gasteiger partial charge is 0.166 e. The highest BCUT2D eigenvalue weighted by atomic mass is 16.1. The predicted molar refractivity (Wildman–Crippen MR) is 91.6 cm³/mol. The number of carbonyl (C=O) groups is 2. The molecular weight excluding hydrogens is 284 g/mol. The van der Waals surface area contributed by atoms with E-state index in [1.54, 1.807) is 0 Å². The summed E-state index contributed by atoms with van der Waals surface area (Å²) >= 11 is 0. The molecule has 0 bridgehead atoms. The highest BCUT2D eigenvalue weighted by molar-refractivity contribution is 5.99. The van der Waals surface area contributed by atoms with Gasteiger partial charge in [-0.15, -0.1) is 0 Å². The second-order valence-corrected chi connectivity index (χ2v) is 6.37. The molecule has 2 heteroatoms. The summed E-state index contributed by atoms with van der Waals surface area (Å²) in [5.74, 6) is 0.516. The molecule has 2 atom stereocenters. The van der Waals surface area contributed by atoms with E-state index < -0.39 is 0 Å². The van der Waals surface area contributed by atoms with Gasteiger partial charge in [0.1, 0.15) is 0 Å². The fraction of sp³-hybridized carbons (Fsp3) is 0.333. The maximum atomic E-state index is 12.8. The molecule has 2 aromatic rings. The summed E-state index contributed by atoms with van der Waals surface area (Å²) in [4.78, 5) is 25.3. The van der Waals surface area contributed by atoms with Gasteiger partial charge in [-0.1, -0.05) is 73.5 Å². The molecule has 2 aromatic carbocycles. The van der Waals surface area contributed by atoms with Crippen molar-refractivity contribution in [3.05, 3.63) is 71.8 Å². The van der Waals surface area contributed by atoms with Crippen LogP contribution in [0.15, 0.2) is 60.7 Å². The molecule has 0 amide bonds. The Hall–Kier alpha value is -2.22. The van der Waals surface area contributed by atoms with E-state index in [1.807, 2.05) is 60.7 Å². The third kappa shape index (κ3) is 3.76. The Morgan fingerprint density at radius 2 is 1.35 bits per heavy atom. The molecule has 1 aliphatic carbocycles. The molecule has 1 saturated carbocycles. The molecule has 0 saturated heterocycles. The van der Waals surface area contributed by atoms with E-state index in [2.05, 4.69) is 0 Å². The normalized spacial score (nSPS) is 20.9. The van der Waals surface area contributed by atoms with Gasteiger partial charge in [-0.25, -0.2) is 0 Å². The van der Waals surface area contributed by atoms with Gasteiger partial charge in [0.05, 0.1) is 0 Å². The average molecular weight is 306 g/mol. The zero-order chi connectivity index (χ0) is 16.1. The monoisotopic (exact) mass is 306 g/mol. The molecule has 0 heterocycles. The van der Waals surface area contributed by atoms with Gasteiger partial charge in [0, 0.05) is 23.5 Å². The van der Waals surface area contributed by atoms with E-state index in [1.165, 1.54) is 0 Å². The first-order chi connectivity index (χ1) is 11.3. The van der Waals surface area contributed by atoms with Crippen molar-refractivity contribution in [3.63, 3.8) is 0 Å². The molecule has 1 fully saturated rings. The van der Waals surface area contributed by atoms with Crippen molar-refractivity contribution >= 4 is 11.6 Å². The second kappa shape index (κ2) is 7.36. The quantitative estimate of drug-likeness (QED) is 0.732. The molecule has 0 aliphatic heterocycles. The molecule has 1 aliphatic rings. The highest BCUT2D eigenvalue weighted by Crippen LogP contribution is 2.35. The number of carbonyl (C=O) groups excluding carboxylic acids is 2. The molecular formula is C21H22O2. The minimum absolute atomic E-state index is 0.0150. The molecule has 23 heavy (non-hydrogen) atoms. The van der Waals surface area contributed by atoms with Gasteiger partial charge in [-0.3, -0.25) is 9.59 Å². The van der Waals surface area contributed by atoms with Gasteiger partial charge in [0.2, 0.25) is 0 Å². The van der Waals surface area contributed by atoms with Crippen LogP contribution in [-0.4, -0.2) is 11.6 Å². The van der Waals surface area contributed by atoms with Crippen LogP contribution in [0.25, 0.3) is 0 Å². The first-order valence-electron chi connectivity index (χ1n) is 8.43. The van der Waals surface area contributed by atoms with E-state index in [9.17, 15) is 9.59 Å². The Labute approximate surface area is 137 Å². The van der Waals surface area contributed by atoms with Gasteiger partial charge in [-0.05, 0) is 18.8 Å². The number of ketones is 2. The van der Waals surface area contributed by atoms with Crippen molar-refractivity contribution < 1.29 is 9.59 Å². The predicted octanol–water partition coefficient (Wildman–Crippen LogP) is 4.95. The summed E-state index contributed by atoms with van der Waals surface area (Å²) in [6.45, 7) is 0. The van der Waals surface area contributed by atoms with Crippen molar-refractivity contribution in [2.24, 2.45) is 11.8 Å². The van der Waals surface area contributed by atoms with Gasteiger partial charge in [0.15, 0.2) is 11.6 Å². The maximum Gasteiger partial charge on any atom is 0.166 e. The molecule has 0 aromatic heterocycles. The highest BCUT2D eigenvalue weighted by Gasteiger charge is 2.32. The van der Waals surface area contributed by atoms with Gasteiger partial charge >= 0.3 is 0 Å². The van der Waals surface area contributed by atoms with Crippen molar-refractivity contribution in [3.8, 4) is 0 Å². The van der Waals surface area contributed by atoms with E-state index in [0.717, 1.165) is 36.8 Å². The molecule has 2 unspecified atom stereocenters. The van der Waals surface area contributed by atoms with Crippen LogP contribution < -0.4 is 0 Å². The number of rotatable bonds is 5. The van der Waals surface area contributed by atoms with Crippen LogP contribution in [0.5, 0.6) is 0 Å². The zero-order valence-corrected chi connectivity index (χ0v) is 13.3. The third-order valence-corrected chi connectivity index (χ3v) is 4.85. The lowest BCUT2D eigenvalue weighted by molar-refractivity contribution is 0.0784. The lowest BCUT2D eigenvalue weighted by Gasteiger charge is -2.30. The van der Waals surface area contributed by atoms with Gasteiger partial charge in [0.25, 0.3) is 0 Å². The van der Waals surface area contributed by atoms with Gasteiger partial charge in [-0.2, -0.15) is 0 Å². The maximum absolute atomic E-state index is 12.8. The van der Waals surface area contributed by atoms with Crippen LogP contribution >= 0.6 is 0 Å². The average Bonchev–Trinajstić information content (AvgIpc) is 2.63. The Kier molecular flexibility index (Phi) is 5.02. The summed E-state index contributed by atoms with van der Waals surface area (Å²) in [5, 5.41) is 0. The Bertz CT molecular complexity index is 661. The van der Waals surface area contributed by atoms with Crippen LogP contribution in [0.3, 0.4) is 0 Å². The summed E-state index contributed by atoms with van der Waals surface area (Å²) in [5.41, 5.74) is 1.53. The summed E-state index contributed by atoms with van der Waals surface area (Å²) in [6, 6.07) is 18.9. The zero-order valence-electron chi connectivity index (χ0n) is 13.3. The summed E-state index contributed by atoms with van der Waals surface area (Å²) in [7, 11) is 0. The fourth-order valence-corrected chi connectivity index (χ4v) is 3.59. The molecule has 0 radical (unpaired) electrons. The Balaban J connectivity index is 1.74. The van der Waals surface area contributed by atoms with Crippen molar-refractivity contribution in [2.75, 3.05) is 0 Å². The number of benzene rings is 2. The fourth-order valence-electron chi connectivity index (χ4n) is 3.59. The Morgan fingerprint density at radius 3 is 2.00 bits per heavy atom. The van der Waals surface area contributed by atoms with E-state index in [-0.39, 0.29) is 23.4 Å². The number of hydrogen-bond donors (Lipinski definition) is 0. The molecule has 3 rings (SSSR count). The lowest BCUT2D eigenvalue weighted by atomic mass is 9.73. The van der Waals surface area contributed by atoms with Crippen molar-refractivity contribution in [2.45, 2.75) is 32.1 Å². The summed E-state index contributed by atoms with van der Waals surface area (Å²) in [6.07, 6.45) is 4.56. The first kappa shape index (κ1) is 15.7. The largest absolute Gasteiger partial charge is 0.294 e. The second-order valence-electron chi connectivity index (χ2n) is 6.37. The molecule has 118 valence electrons. The van der Waals surface area contributed by atoms with Crippen LogP contribution in [0.4, 0.5) is 0 Å². The molecule has 0 N–H and O–H groups in total. The first-order valence-corrected chi connectivity index (χ1v) is 8.43. The van der Waals surface area contributed by atoms with Crippen LogP contribution in [0.1, 0.15) is 52.8 Å². The number of hydrogen-bond acceptors (Lipinski definition) is 2. The van der Waals surface area contributed by atoms with Crippen LogP contribution in [0, 0.1) is 11.8 Å². The van der Waals surface area contributed by atoms with Crippen molar-refractivity contribution in [1.29, 1.82) is 0 Å². The molecule has 2 nitrogen and oxygen atoms in total. The van der Waals surface area contributed by atoms with Crippen molar-refractivity contribution in [1.82, 2.24) is 0 Å². The SMILES string of the molecule is O=C(CC1CCCCC1C(=O)c1ccccc1)c1ccccc1. The lowest BCUT2D eigenvalue weighted by Crippen LogP contribution is -2.29. The van der Waals surface area contributed by atoms with Gasteiger partial charge < -0.3 is 0 Å². The Morgan fingerprint density at radius 1 is 0.783 bits per heavy atom. The van der Waals surface area contributed by atoms with Crippen LogP contribution in [-0.2, 0) is 0 Å². The number of Topliss-reactive ketones (excluding diaryl/α,β-unsaturated/α-hetero) is 2. The standard InChI is InChI=1S/C21H22O2/c22-20(16-9-3-1-4-10-16)15-18-13-7-8-14-19(18)21(23)17-11-5-2-6-12-17/h1-6,9-12,18-19H,7-8,13-15H2. The summed E-state index contributed by atoms with van der Waals surface area (Å²) < 4.78 is 0. The molecule has 0 spiro atoms. The minimum Gasteiger partial charge on any atom is -0.294 e. The van der Waals surface area contributed by atoms with E-state index in [4.69, 9.17) is 0 Å².